The van der Waals surface area contributed by atoms with Crippen LogP contribution in [-0.4, -0.2) is 25.4 Å². The van der Waals surface area contributed by atoms with Crippen LogP contribution >= 0.6 is 0 Å². The molecule has 2 atom stereocenters. The Balaban J connectivity index is 1.84. The van der Waals surface area contributed by atoms with Gasteiger partial charge in [0.1, 0.15) is 0 Å². The zero-order valence-corrected chi connectivity index (χ0v) is 14.8. The predicted octanol–water partition coefficient (Wildman–Crippen LogP) is 4.34. The molecule has 124 valence electrons. The van der Waals surface area contributed by atoms with Crippen LogP contribution in [0.25, 0.3) is 0 Å². The quantitative estimate of drug-likeness (QED) is 0.613. The molecule has 23 heavy (non-hydrogen) atoms. The fourth-order valence-corrected chi connectivity index (χ4v) is 3.48. The van der Waals surface area contributed by atoms with E-state index in [2.05, 4.69) is 64.1 Å². The van der Waals surface area contributed by atoms with Gasteiger partial charge in [-0.1, -0.05) is 42.5 Å². The molecule has 0 N–H and O–H groups in total. The molecule has 1 heterocycles. The van der Waals surface area contributed by atoms with Crippen LogP contribution < -0.4 is 0 Å². The van der Waals surface area contributed by atoms with Gasteiger partial charge in [0.05, 0.1) is 16.8 Å². The number of hydrogen-bond donors (Lipinski definition) is 0. The highest BCUT2D eigenvalue weighted by Crippen LogP contribution is 2.47. The molecule has 1 aromatic rings. The smallest absolute Gasteiger partial charge is 0.403 e. The van der Waals surface area contributed by atoms with E-state index < -0.39 is 0 Å². The Hall–Kier alpha value is -1.10. The zero-order valence-electron chi connectivity index (χ0n) is 14.8. The first-order valence-corrected chi connectivity index (χ1v) is 8.43. The van der Waals surface area contributed by atoms with Crippen LogP contribution in [0, 0.1) is 0 Å². The predicted molar refractivity (Wildman–Crippen MR) is 93.3 cm³/mol. The lowest BCUT2D eigenvalue weighted by molar-refractivity contribution is -0.0242. The number of methoxy groups -OCH3 is 1. The minimum absolute atomic E-state index is 0.185. The molecular weight excluding hydrogens is 287 g/mol. The Bertz CT molecular complexity index is 566. The number of allylic oxidation sites excluding steroid dienone is 1. The Labute approximate surface area is 140 Å². The molecule has 0 amide bonds. The molecule has 0 radical (unpaired) electrons. The van der Waals surface area contributed by atoms with Gasteiger partial charge in [0, 0.05) is 12.9 Å². The monoisotopic (exact) mass is 314 g/mol. The summed E-state index contributed by atoms with van der Waals surface area (Å²) in [6.45, 7) is 8.39. The maximum absolute atomic E-state index is 6.25. The van der Waals surface area contributed by atoms with E-state index in [0.717, 1.165) is 12.8 Å². The summed E-state index contributed by atoms with van der Waals surface area (Å²) in [6, 6.07) is 10.5. The van der Waals surface area contributed by atoms with E-state index in [-0.39, 0.29) is 29.7 Å². The fourth-order valence-electron chi connectivity index (χ4n) is 3.48. The highest BCUT2D eigenvalue weighted by atomic mass is 16.7. The fraction of sp³-hybridized carbons (Fsp3) is 0.579. The van der Waals surface area contributed by atoms with Gasteiger partial charge in [0.15, 0.2) is 0 Å². The maximum atomic E-state index is 6.25. The first-order valence-electron chi connectivity index (χ1n) is 8.43. The van der Waals surface area contributed by atoms with Crippen molar-refractivity contribution in [1.82, 2.24) is 0 Å². The summed E-state index contributed by atoms with van der Waals surface area (Å²) in [6.07, 6.45) is 6.17. The van der Waals surface area contributed by atoms with Crippen LogP contribution in [0.3, 0.4) is 0 Å². The second kappa shape index (κ2) is 5.76. The summed E-state index contributed by atoms with van der Waals surface area (Å²) in [4.78, 5) is 0. The Morgan fingerprint density at radius 2 is 1.65 bits per heavy atom. The molecule has 1 fully saturated rings. The highest BCUT2D eigenvalue weighted by Gasteiger charge is 2.55. The van der Waals surface area contributed by atoms with Crippen LogP contribution in [-0.2, 0) is 19.6 Å². The van der Waals surface area contributed by atoms with Crippen LogP contribution in [0.4, 0.5) is 0 Å². The second-order valence-electron chi connectivity index (χ2n) is 7.69. The minimum atomic E-state index is -0.301. The van der Waals surface area contributed by atoms with Gasteiger partial charge in [-0.25, -0.2) is 0 Å². The Morgan fingerprint density at radius 3 is 2.22 bits per heavy atom. The summed E-state index contributed by atoms with van der Waals surface area (Å²) in [5.74, 6) is 0.185. The SMILES string of the molecule is COC1(c2ccccc2)CC=CC(B2OC(C)(C)C(C)(C)O2)C1. The standard InChI is InChI=1S/C19H27BO3/c1-17(2)18(3,4)23-20(22-17)16-12-9-13-19(14-16,21-5)15-10-7-6-8-11-15/h6-12,16H,13-14H2,1-5H3. The van der Waals surface area contributed by atoms with Crippen molar-refractivity contribution in [1.29, 1.82) is 0 Å². The molecule has 2 aliphatic rings. The van der Waals surface area contributed by atoms with E-state index in [0.29, 0.717) is 0 Å². The molecule has 4 heteroatoms. The maximum Gasteiger partial charge on any atom is 0.465 e. The lowest BCUT2D eigenvalue weighted by atomic mass is 9.62. The third-order valence-corrected chi connectivity index (χ3v) is 5.71. The number of benzene rings is 1. The van der Waals surface area contributed by atoms with Gasteiger partial charge in [-0.2, -0.15) is 0 Å². The zero-order chi connectivity index (χ0) is 16.7. The van der Waals surface area contributed by atoms with E-state index in [1.807, 2.05) is 6.07 Å². The number of hydrogen-bond acceptors (Lipinski definition) is 3. The molecule has 0 aromatic heterocycles. The third kappa shape index (κ3) is 2.88. The van der Waals surface area contributed by atoms with E-state index in [1.165, 1.54) is 5.56 Å². The minimum Gasteiger partial charge on any atom is -0.403 e. The first kappa shape index (κ1) is 16.8. The molecule has 1 saturated heterocycles. The van der Waals surface area contributed by atoms with Crippen molar-refractivity contribution in [2.75, 3.05) is 7.11 Å². The van der Waals surface area contributed by atoms with Crippen LogP contribution in [0.2, 0.25) is 5.82 Å². The summed E-state index contributed by atoms with van der Waals surface area (Å²) < 4.78 is 18.5. The summed E-state index contributed by atoms with van der Waals surface area (Å²) in [7, 11) is 1.57. The molecule has 3 nitrogen and oxygen atoms in total. The number of ether oxygens (including phenoxy) is 1. The molecule has 0 saturated carbocycles. The van der Waals surface area contributed by atoms with E-state index in [4.69, 9.17) is 14.0 Å². The van der Waals surface area contributed by atoms with Crippen LogP contribution in [0.5, 0.6) is 0 Å². The lowest BCUT2D eigenvalue weighted by Gasteiger charge is -2.38. The molecule has 2 unspecified atom stereocenters. The largest absolute Gasteiger partial charge is 0.465 e. The molecule has 1 aliphatic heterocycles. The van der Waals surface area contributed by atoms with Crippen molar-refractivity contribution < 1.29 is 14.0 Å². The van der Waals surface area contributed by atoms with E-state index in [9.17, 15) is 0 Å². The third-order valence-electron chi connectivity index (χ3n) is 5.71. The molecule has 0 spiro atoms. The average Bonchev–Trinajstić information content (AvgIpc) is 2.76. The molecule has 1 aliphatic carbocycles. The van der Waals surface area contributed by atoms with Crippen molar-refractivity contribution in [3.05, 3.63) is 48.0 Å². The second-order valence-corrected chi connectivity index (χ2v) is 7.69. The van der Waals surface area contributed by atoms with Gasteiger partial charge in [-0.15, -0.1) is 0 Å². The van der Waals surface area contributed by atoms with Gasteiger partial charge in [-0.05, 0) is 46.1 Å². The van der Waals surface area contributed by atoms with Crippen LogP contribution in [0.1, 0.15) is 46.1 Å². The van der Waals surface area contributed by atoms with Gasteiger partial charge >= 0.3 is 7.12 Å². The first-order chi connectivity index (χ1) is 10.8. The average molecular weight is 314 g/mol. The molecular formula is C19H27BO3. The van der Waals surface area contributed by atoms with Gasteiger partial charge < -0.3 is 14.0 Å². The summed E-state index contributed by atoms with van der Waals surface area (Å²) in [5.41, 5.74) is 0.314. The Morgan fingerprint density at radius 1 is 1.04 bits per heavy atom. The molecule has 1 aromatic carbocycles. The van der Waals surface area contributed by atoms with Crippen molar-refractivity contribution in [3.63, 3.8) is 0 Å². The Kier molecular flexibility index (Phi) is 4.20. The van der Waals surface area contributed by atoms with E-state index in [1.54, 1.807) is 7.11 Å². The topological polar surface area (TPSA) is 27.7 Å². The van der Waals surface area contributed by atoms with Gasteiger partial charge in [-0.3, -0.25) is 0 Å². The number of rotatable bonds is 3. The van der Waals surface area contributed by atoms with Crippen molar-refractivity contribution in [2.45, 2.75) is 63.2 Å². The lowest BCUT2D eigenvalue weighted by Crippen LogP contribution is -2.41. The highest BCUT2D eigenvalue weighted by molar-refractivity contribution is 6.48. The molecule has 3 rings (SSSR count). The normalized spacial score (nSPS) is 32.2. The van der Waals surface area contributed by atoms with E-state index >= 15 is 0 Å². The summed E-state index contributed by atoms with van der Waals surface area (Å²) in [5, 5.41) is 0. The van der Waals surface area contributed by atoms with Crippen molar-refractivity contribution >= 4 is 7.12 Å². The van der Waals surface area contributed by atoms with Crippen molar-refractivity contribution in [3.8, 4) is 0 Å². The van der Waals surface area contributed by atoms with Gasteiger partial charge in [0.2, 0.25) is 0 Å². The molecule has 0 bridgehead atoms. The van der Waals surface area contributed by atoms with Gasteiger partial charge in [0.25, 0.3) is 0 Å². The van der Waals surface area contributed by atoms with Crippen molar-refractivity contribution in [2.24, 2.45) is 0 Å². The van der Waals surface area contributed by atoms with Crippen LogP contribution in [0.15, 0.2) is 42.5 Å². The summed E-state index contributed by atoms with van der Waals surface area (Å²) >= 11 is 0.